The van der Waals surface area contributed by atoms with Crippen molar-refractivity contribution in [2.75, 3.05) is 31.1 Å². The molecule has 0 aliphatic carbocycles. The number of carbonyl (C=O) groups excluding carboxylic acids is 1. The van der Waals surface area contributed by atoms with Crippen molar-refractivity contribution in [1.29, 1.82) is 0 Å². The van der Waals surface area contributed by atoms with Crippen molar-refractivity contribution in [3.05, 3.63) is 67.0 Å². The summed E-state index contributed by atoms with van der Waals surface area (Å²) in [6, 6.07) is 7.90. The van der Waals surface area contributed by atoms with Gasteiger partial charge in [0.1, 0.15) is 6.10 Å². The fourth-order valence-corrected chi connectivity index (χ4v) is 4.01. The summed E-state index contributed by atoms with van der Waals surface area (Å²) < 4.78 is 9.33. The number of rotatable bonds is 4. The van der Waals surface area contributed by atoms with Crippen LogP contribution < -0.4 is 4.90 Å². The molecule has 1 aliphatic rings. The Morgan fingerprint density at radius 1 is 0.969 bits per heavy atom. The van der Waals surface area contributed by atoms with Crippen LogP contribution >= 0.6 is 0 Å². The van der Waals surface area contributed by atoms with Crippen molar-refractivity contribution in [3.63, 3.8) is 0 Å². The highest BCUT2D eigenvalue weighted by molar-refractivity contribution is 5.76. The van der Waals surface area contributed by atoms with Gasteiger partial charge in [-0.25, -0.2) is 9.31 Å². The van der Waals surface area contributed by atoms with E-state index in [1.165, 1.54) is 0 Å². The molecule has 0 aromatic carbocycles. The lowest BCUT2D eigenvalue weighted by atomic mass is 10.1. The van der Waals surface area contributed by atoms with Gasteiger partial charge < -0.3 is 14.5 Å². The van der Waals surface area contributed by atoms with Gasteiger partial charge in [-0.3, -0.25) is 9.67 Å². The number of hydrogen-bond donors (Lipinski definition) is 0. The first kappa shape index (κ1) is 20.0. The monoisotopic (exact) mass is 431 g/mol. The molecule has 0 saturated carbocycles. The van der Waals surface area contributed by atoms with Gasteiger partial charge in [0.25, 0.3) is 0 Å². The quantitative estimate of drug-likeness (QED) is 0.494. The van der Waals surface area contributed by atoms with Crippen LogP contribution in [-0.2, 0) is 11.8 Å². The smallest absolute Gasteiger partial charge is 0.410 e. The number of aromatic nitrogens is 5. The number of hydrogen-bond acceptors (Lipinski definition) is 6. The maximum absolute atomic E-state index is 12.6. The van der Waals surface area contributed by atoms with Gasteiger partial charge in [-0.05, 0) is 30.7 Å². The van der Waals surface area contributed by atoms with Crippen LogP contribution in [0.4, 0.5) is 10.5 Å². The van der Waals surface area contributed by atoms with Crippen LogP contribution in [0.25, 0.3) is 16.6 Å². The standard InChI is InChI=1S/C23H25N7O2/c1-17(18-5-7-24-8-6-18)32-23(31)29-11-9-28(10-12-29)22-14-26-30-16-19(3-4-21(22)30)20-13-25-27(2)15-20/h3-8,13-17H,9-12H2,1-2H3. The van der Waals surface area contributed by atoms with E-state index in [4.69, 9.17) is 4.74 Å². The average Bonchev–Trinajstić information content (AvgIpc) is 3.45. The molecular weight excluding hydrogens is 406 g/mol. The Kier molecular flexibility index (Phi) is 5.22. The molecule has 9 heteroatoms. The third kappa shape index (κ3) is 3.89. The molecule has 1 atom stereocenters. The Hall–Kier alpha value is -3.88. The summed E-state index contributed by atoms with van der Waals surface area (Å²) in [6.07, 6.45) is 10.6. The molecule has 1 saturated heterocycles. The number of piperazine rings is 1. The van der Waals surface area contributed by atoms with Crippen LogP contribution in [0.15, 0.2) is 61.4 Å². The number of nitrogens with zero attached hydrogens (tertiary/aromatic N) is 7. The fraction of sp³-hybridized carbons (Fsp3) is 0.304. The molecule has 164 valence electrons. The van der Waals surface area contributed by atoms with Gasteiger partial charge >= 0.3 is 6.09 Å². The van der Waals surface area contributed by atoms with Gasteiger partial charge in [0.2, 0.25) is 0 Å². The lowest BCUT2D eigenvalue weighted by molar-refractivity contribution is 0.0680. The summed E-state index contributed by atoms with van der Waals surface area (Å²) in [5.41, 5.74) is 5.17. The second kappa shape index (κ2) is 8.33. The molecule has 4 aromatic heterocycles. The highest BCUT2D eigenvalue weighted by atomic mass is 16.6. The number of anilines is 1. The van der Waals surface area contributed by atoms with Crippen LogP contribution in [0, 0.1) is 0 Å². The molecule has 32 heavy (non-hydrogen) atoms. The molecule has 1 unspecified atom stereocenters. The van der Waals surface area contributed by atoms with E-state index < -0.39 is 0 Å². The van der Waals surface area contributed by atoms with Crippen molar-refractivity contribution in [1.82, 2.24) is 29.3 Å². The maximum Gasteiger partial charge on any atom is 0.410 e. The minimum Gasteiger partial charge on any atom is -0.442 e. The highest BCUT2D eigenvalue weighted by Gasteiger charge is 2.25. The second-order valence-corrected chi connectivity index (χ2v) is 7.96. The second-order valence-electron chi connectivity index (χ2n) is 7.96. The Balaban J connectivity index is 1.23. The van der Waals surface area contributed by atoms with Crippen molar-refractivity contribution in [3.8, 4) is 11.1 Å². The predicted molar refractivity (Wildman–Crippen MR) is 120 cm³/mol. The van der Waals surface area contributed by atoms with Gasteiger partial charge in [0, 0.05) is 69.1 Å². The molecule has 0 radical (unpaired) electrons. The summed E-state index contributed by atoms with van der Waals surface area (Å²) in [5.74, 6) is 0. The SMILES string of the molecule is CC(OC(=O)N1CCN(c2cnn3cc(-c4cnn(C)c4)ccc23)CC1)c1ccncc1. The third-order valence-corrected chi connectivity index (χ3v) is 5.87. The number of carbonyl (C=O) groups is 1. The van der Waals surface area contributed by atoms with Gasteiger partial charge in [0.15, 0.2) is 0 Å². The van der Waals surface area contributed by atoms with Crippen LogP contribution in [0.1, 0.15) is 18.6 Å². The van der Waals surface area contributed by atoms with Crippen molar-refractivity contribution < 1.29 is 9.53 Å². The summed E-state index contributed by atoms with van der Waals surface area (Å²) in [6.45, 7) is 4.54. The van der Waals surface area contributed by atoms with Gasteiger partial charge in [-0.1, -0.05) is 6.07 Å². The summed E-state index contributed by atoms with van der Waals surface area (Å²) in [7, 11) is 1.91. The van der Waals surface area contributed by atoms with E-state index in [1.807, 2.05) is 55.4 Å². The van der Waals surface area contributed by atoms with Gasteiger partial charge in [-0.15, -0.1) is 0 Å². The molecule has 1 aliphatic heterocycles. The van der Waals surface area contributed by atoms with Crippen molar-refractivity contribution >= 4 is 17.3 Å². The van der Waals surface area contributed by atoms with Gasteiger partial charge in [0.05, 0.1) is 23.6 Å². The minimum atomic E-state index is -0.308. The first-order valence-electron chi connectivity index (χ1n) is 10.7. The van der Waals surface area contributed by atoms with E-state index in [9.17, 15) is 4.79 Å². The zero-order valence-electron chi connectivity index (χ0n) is 18.1. The molecule has 9 nitrogen and oxygen atoms in total. The van der Waals surface area contributed by atoms with E-state index in [2.05, 4.69) is 32.2 Å². The molecule has 0 spiro atoms. The molecule has 5 rings (SSSR count). The van der Waals surface area contributed by atoms with E-state index in [1.54, 1.807) is 22.0 Å². The van der Waals surface area contributed by atoms with Crippen molar-refractivity contribution in [2.24, 2.45) is 7.05 Å². The summed E-state index contributed by atoms with van der Waals surface area (Å²) in [4.78, 5) is 20.6. The number of fused-ring (bicyclic) bond motifs is 1. The molecule has 1 fully saturated rings. The predicted octanol–water partition coefficient (Wildman–Crippen LogP) is 3.15. The van der Waals surface area contributed by atoms with E-state index in [-0.39, 0.29) is 12.2 Å². The van der Waals surface area contributed by atoms with Crippen LogP contribution in [0.5, 0.6) is 0 Å². The Morgan fingerprint density at radius 2 is 1.75 bits per heavy atom. The Bertz CT molecular complexity index is 1230. The van der Waals surface area contributed by atoms with Gasteiger partial charge in [-0.2, -0.15) is 10.2 Å². The lowest BCUT2D eigenvalue weighted by Gasteiger charge is -2.35. The van der Waals surface area contributed by atoms with E-state index >= 15 is 0 Å². The lowest BCUT2D eigenvalue weighted by Crippen LogP contribution is -2.49. The third-order valence-electron chi connectivity index (χ3n) is 5.87. The molecular formula is C23H25N7O2. The highest BCUT2D eigenvalue weighted by Crippen LogP contribution is 2.26. The Labute approximate surface area is 185 Å². The number of ether oxygens (including phenoxy) is 1. The average molecular weight is 432 g/mol. The number of pyridine rings is 2. The minimum absolute atomic E-state index is 0.282. The largest absolute Gasteiger partial charge is 0.442 e. The van der Waals surface area contributed by atoms with Crippen molar-refractivity contribution in [2.45, 2.75) is 13.0 Å². The van der Waals surface area contributed by atoms with E-state index in [0.717, 1.165) is 41.0 Å². The summed E-state index contributed by atoms with van der Waals surface area (Å²) >= 11 is 0. The summed E-state index contributed by atoms with van der Waals surface area (Å²) in [5, 5.41) is 8.79. The normalized spacial score (nSPS) is 15.2. The first-order chi connectivity index (χ1) is 15.6. The zero-order chi connectivity index (χ0) is 22.1. The first-order valence-corrected chi connectivity index (χ1v) is 10.7. The molecule has 4 aromatic rings. The van der Waals surface area contributed by atoms with Crippen LogP contribution in [0.3, 0.4) is 0 Å². The topological polar surface area (TPSA) is 80.8 Å². The zero-order valence-corrected chi connectivity index (χ0v) is 18.1. The molecule has 5 heterocycles. The van der Waals surface area contributed by atoms with E-state index in [0.29, 0.717) is 13.1 Å². The number of aryl methyl sites for hydroxylation is 1. The molecule has 0 N–H and O–H groups in total. The molecule has 0 bridgehead atoms. The van der Waals surface area contributed by atoms with Crippen LogP contribution in [0.2, 0.25) is 0 Å². The molecule has 1 amide bonds. The fourth-order valence-electron chi connectivity index (χ4n) is 4.01. The van der Waals surface area contributed by atoms with Crippen LogP contribution in [-0.4, -0.2) is 61.6 Å². The maximum atomic E-state index is 12.6. The Morgan fingerprint density at radius 3 is 2.47 bits per heavy atom. The number of amides is 1.